The lowest BCUT2D eigenvalue weighted by atomic mass is 10.2. The third-order valence-corrected chi connectivity index (χ3v) is 5.52. The number of aromatic nitrogens is 3. The first-order valence-corrected chi connectivity index (χ1v) is 10.5. The second-order valence-electron chi connectivity index (χ2n) is 6.69. The first kappa shape index (κ1) is 22.7. The van der Waals surface area contributed by atoms with Crippen molar-refractivity contribution < 1.29 is 18.0 Å². The maximum absolute atomic E-state index is 12.9. The van der Waals surface area contributed by atoms with E-state index in [9.17, 15) is 18.0 Å². The van der Waals surface area contributed by atoms with Gasteiger partial charge in [-0.15, -0.1) is 10.2 Å². The molecule has 1 heterocycles. The van der Waals surface area contributed by atoms with Crippen LogP contribution in [0, 0.1) is 0 Å². The van der Waals surface area contributed by atoms with Crippen molar-refractivity contribution in [3.8, 4) is 0 Å². The molecule has 3 rings (SSSR count). The molecule has 0 bridgehead atoms. The summed E-state index contributed by atoms with van der Waals surface area (Å²) >= 11 is 1.27. The number of hydrogen-bond acceptors (Lipinski definition) is 5. The Morgan fingerprint density at radius 3 is 2.48 bits per heavy atom. The van der Waals surface area contributed by atoms with E-state index >= 15 is 0 Å². The Balaban J connectivity index is 1.64. The highest BCUT2D eigenvalue weighted by Gasteiger charge is 2.30. The van der Waals surface area contributed by atoms with Crippen LogP contribution in [0.1, 0.15) is 25.2 Å². The van der Waals surface area contributed by atoms with Crippen molar-refractivity contribution in [2.45, 2.75) is 43.5 Å². The van der Waals surface area contributed by atoms with Crippen molar-refractivity contribution in [3.63, 3.8) is 0 Å². The zero-order valence-electron chi connectivity index (χ0n) is 17.0. The molecule has 6 nitrogen and oxygen atoms in total. The summed E-state index contributed by atoms with van der Waals surface area (Å²) in [5.41, 5.74) is 0.331. The molecule has 0 saturated heterocycles. The summed E-state index contributed by atoms with van der Waals surface area (Å²) in [5, 5.41) is 14.3. The van der Waals surface area contributed by atoms with Crippen molar-refractivity contribution in [2.24, 2.45) is 0 Å². The number of anilines is 2. The number of thioether (sulfide) groups is 1. The minimum atomic E-state index is -4.40. The lowest BCUT2D eigenvalue weighted by Crippen LogP contribution is -2.23. The number of halogens is 3. The lowest BCUT2D eigenvalue weighted by Gasteiger charge is -2.13. The van der Waals surface area contributed by atoms with Crippen LogP contribution < -0.4 is 10.6 Å². The van der Waals surface area contributed by atoms with Gasteiger partial charge in [-0.25, -0.2) is 0 Å². The first-order valence-electron chi connectivity index (χ1n) is 9.63. The highest BCUT2D eigenvalue weighted by Crippen LogP contribution is 2.31. The molecule has 0 aliphatic carbocycles. The monoisotopic (exact) mass is 449 g/mol. The summed E-state index contributed by atoms with van der Waals surface area (Å²) in [5.74, 6) is 0.406. The lowest BCUT2D eigenvalue weighted by molar-refractivity contribution is -0.137. The summed E-state index contributed by atoms with van der Waals surface area (Å²) in [6, 6.07) is 14.1. The number of alkyl halides is 3. The first-order chi connectivity index (χ1) is 14.8. The van der Waals surface area contributed by atoms with Gasteiger partial charge in [-0.3, -0.25) is 4.79 Å². The number of carbonyl (C=O) groups excluding carboxylic acids is 1. The Kier molecular flexibility index (Phi) is 7.21. The molecule has 0 spiro atoms. The zero-order chi connectivity index (χ0) is 22.4. The van der Waals surface area contributed by atoms with E-state index in [1.807, 2.05) is 29.7 Å². The summed E-state index contributed by atoms with van der Waals surface area (Å²) in [7, 11) is 0. The van der Waals surface area contributed by atoms with Gasteiger partial charge in [0.05, 0.1) is 17.4 Å². The molecule has 0 aliphatic rings. The molecule has 1 atom stereocenters. The van der Waals surface area contributed by atoms with Crippen LogP contribution in [-0.2, 0) is 24.1 Å². The highest BCUT2D eigenvalue weighted by molar-refractivity contribution is 8.00. The smallest absolute Gasteiger partial charge is 0.378 e. The van der Waals surface area contributed by atoms with Gasteiger partial charge in [0, 0.05) is 17.9 Å². The average molecular weight is 450 g/mol. The topological polar surface area (TPSA) is 71.8 Å². The number of benzene rings is 2. The van der Waals surface area contributed by atoms with E-state index in [1.165, 1.54) is 17.8 Å². The third-order valence-electron chi connectivity index (χ3n) is 4.44. The molecule has 1 aromatic heterocycles. The number of carbonyl (C=O) groups is 1. The van der Waals surface area contributed by atoms with Gasteiger partial charge in [-0.1, -0.05) is 36.0 Å². The number of para-hydroxylation sites is 1. The van der Waals surface area contributed by atoms with E-state index in [-0.39, 0.29) is 12.5 Å². The van der Waals surface area contributed by atoms with Crippen LogP contribution in [0.25, 0.3) is 0 Å². The maximum Gasteiger partial charge on any atom is 0.416 e. The molecular weight excluding hydrogens is 427 g/mol. The molecule has 3 aromatic rings. The summed E-state index contributed by atoms with van der Waals surface area (Å²) in [6.45, 7) is 4.45. The number of nitrogens with one attached hydrogen (secondary N) is 2. The Hall–Kier alpha value is -3.01. The van der Waals surface area contributed by atoms with Crippen molar-refractivity contribution in [1.29, 1.82) is 0 Å². The number of nitrogens with zero attached hydrogens (tertiary/aromatic N) is 3. The SMILES string of the molecule is CCn1c(CNc2cccc(C(F)(F)F)c2)nnc1S[C@H](C)C(=O)Nc1ccccc1. The van der Waals surface area contributed by atoms with Gasteiger partial charge in [0.25, 0.3) is 0 Å². The van der Waals surface area contributed by atoms with Crippen molar-refractivity contribution >= 4 is 29.0 Å². The van der Waals surface area contributed by atoms with E-state index < -0.39 is 17.0 Å². The normalized spacial score (nSPS) is 12.4. The fourth-order valence-corrected chi connectivity index (χ4v) is 3.75. The Morgan fingerprint density at radius 2 is 1.81 bits per heavy atom. The van der Waals surface area contributed by atoms with E-state index in [2.05, 4.69) is 20.8 Å². The third kappa shape index (κ3) is 6.00. The van der Waals surface area contributed by atoms with Crippen LogP contribution in [0.15, 0.2) is 59.8 Å². The number of hydrogen-bond donors (Lipinski definition) is 2. The van der Waals surface area contributed by atoms with Crippen LogP contribution in [0.5, 0.6) is 0 Å². The summed E-state index contributed by atoms with van der Waals surface area (Å²) < 4.78 is 40.5. The molecule has 2 N–H and O–H groups in total. The maximum atomic E-state index is 12.9. The number of rotatable bonds is 8. The van der Waals surface area contributed by atoms with Crippen LogP contribution >= 0.6 is 11.8 Å². The number of amides is 1. The molecule has 31 heavy (non-hydrogen) atoms. The van der Waals surface area contributed by atoms with Gasteiger partial charge >= 0.3 is 6.18 Å². The molecule has 0 saturated carbocycles. The minimum absolute atomic E-state index is 0.162. The molecule has 10 heteroatoms. The fraction of sp³-hybridized carbons (Fsp3) is 0.286. The van der Waals surface area contributed by atoms with Gasteiger partial charge < -0.3 is 15.2 Å². The molecule has 0 radical (unpaired) electrons. The molecule has 0 fully saturated rings. The Bertz CT molecular complexity index is 1020. The summed E-state index contributed by atoms with van der Waals surface area (Å²) in [6.07, 6.45) is -4.40. The standard InChI is InChI=1S/C21H22F3N5OS/c1-3-29-18(13-25-17-11-7-8-15(12-17)21(22,23)24)27-28-20(29)31-14(2)19(30)26-16-9-5-4-6-10-16/h4-12,14,25H,3,13H2,1-2H3,(H,26,30)/t14-/m1/s1. The van der Waals surface area contributed by atoms with Gasteiger partial charge in [0.15, 0.2) is 11.0 Å². The van der Waals surface area contributed by atoms with E-state index in [4.69, 9.17) is 0 Å². The van der Waals surface area contributed by atoms with Crippen molar-refractivity contribution in [3.05, 3.63) is 66.0 Å². The Labute approximate surface area is 182 Å². The fourth-order valence-electron chi connectivity index (χ4n) is 2.82. The molecule has 0 aliphatic heterocycles. The van der Waals surface area contributed by atoms with E-state index in [0.717, 1.165) is 12.1 Å². The highest BCUT2D eigenvalue weighted by atomic mass is 32.2. The molecular formula is C21H22F3N5OS. The van der Waals surface area contributed by atoms with Gasteiger partial charge in [0.1, 0.15) is 0 Å². The van der Waals surface area contributed by atoms with Crippen molar-refractivity contribution in [2.75, 3.05) is 10.6 Å². The second kappa shape index (κ2) is 9.86. The van der Waals surface area contributed by atoms with Crippen molar-refractivity contribution in [1.82, 2.24) is 14.8 Å². The van der Waals surface area contributed by atoms with Gasteiger partial charge in [-0.05, 0) is 44.2 Å². The molecule has 2 aromatic carbocycles. The average Bonchev–Trinajstić information content (AvgIpc) is 3.14. The molecule has 164 valence electrons. The predicted octanol–water partition coefficient (Wildman–Crippen LogP) is 5.05. The molecule has 1 amide bonds. The van der Waals surface area contributed by atoms with Gasteiger partial charge in [-0.2, -0.15) is 13.2 Å². The largest absolute Gasteiger partial charge is 0.416 e. The van der Waals surface area contributed by atoms with Gasteiger partial charge in [0.2, 0.25) is 5.91 Å². The minimum Gasteiger partial charge on any atom is -0.378 e. The van der Waals surface area contributed by atoms with Crippen LogP contribution in [0.3, 0.4) is 0 Å². The predicted molar refractivity (Wildman–Crippen MR) is 115 cm³/mol. The van der Waals surface area contributed by atoms with Crippen LogP contribution in [0.2, 0.25) is 0 Å². The quantitative estimate of drug-likeness (QED) is 0.471. The second-order valence-corrected chi connectivity index (χ2v) is 8.00. The zero-order valence-corrected chi connectivity index (χ0v) is 17.8. The van der Waals surface area contributed by atoms with Crippen LogP contribution in [-0.4, -0.2) is 25.9 Å². The van der Waals surface area contributed by atoms with Crippen LogP contribution in [0.4, 0.5) is 24.5 Å². The molecule has 0 unspecified atom stereocenters. The van der Waals surface area contributed by atoms with E-state index in [1.54, 1.807) is 25.1 Å². The Morgan fingerprint density at radius 1 is 1.10 bits per heavy atom. The van der Waals surface area contributed by atoms with E-state index in [0.29, 0.717) is 28.9 Å². The summed E-state index contributed by atoms with van der Waals surface area (Å²) in [4.78, 5) is 12.5.